The van der Waals surface area contributed by atoms with Gasteiger partial charge in [0.1, 0.15) is 0 Å². The van der Waals surface area contributed by atoms with Gasteiger partial charge in [-0.15, -0.1) is 0 Å². The first-order valence-corrected chi connectivity index (χ1v) is 9.31. The molecule has 0 aromatic heterocycles. The molecule has 1 aliphatic heterocycles. The molecule has 2 N–H and O–H groups in total. The second-order valence-corrected chi connectivity index (χ2v) is 7.47. The lowest BCUT2D eigenvalue weighted by molar-refractivity contribution is -0.139. The Bertz CT molecular complexity index is 669. The van der Waals surface area contributed by atoms with Crippen molar-refractivity contribution in [2.45, 2.75) is 4.87 Å². The summed E-state index contributed by atoms with van der Waals surface area (Å²) in [6, 6.07) is 12.8. The molecule has 0 aliphatic carbocycles. The molecule has 0 bridgehead atoms. The van der Waals surface area contributed by atoms with E-state index in [0.29, 0.717) is 21.2 Å². The molecular formula is C19H21Cl3N2O2. The molecule has 2 aromatic carbocycles. The van der Waals surface area contributed by atoms with E-state index in [4.69, 9.17) is 34.8 Å². The number of halogens is 3. The van der Waals surface area contributed by atoms with Crippen LogP contribution < -0.4 is 5.32 Å². The van der Waals surface area contributed by atoms with Crippen LogP contribution in [0.25, 0.3) is 0 Å². The first-order chi connectivity index (χ1) is 12.3. The molecule has 7 heteroatoms. The second-order valence-electron chi connectivity index (χ2n) is 6.03. The van der Waals surface area contributed by atoms with Crippen molar-refractivity contribution in [2.75, 3.05) is 33.2 Å². The van der Waals surface area contributed by atoms with Gasteiger partial charge in [0, 0.05) is 36.2 Å². The van der Waals surface area contributed by atoms with Crippen LogP contribution in [0.4, 0.5) is 0 Å². The van der Waals surface area contributed by atoms with Gasteiger partial charge < -0.3 is 15.3 Å². The molecule has 0 atom stereocenters. The Morgan fingerprint density at radius 3 is 1.62 bits per heavy atom. The zero-order chi connectivity index (χ0) is 19.2. The maximum atomic E-state index is 11.6. The minimum atomic E-state index is -1.66. The number of benzene rings is 2. The van der Waals surface area contributed by atoms with Gasteiger partial charge >= 0.3 is 5.97 Å². The van der Waals surface area contributed by atoms with Crippen LogP contribution in [-0.4, -0.2) is 49.2 Å². The number of carboxylic acid groups (broad SMARTS) is 1. The van der Waals surface area contributed by atoms with Crippen LogP contribution in [0.2, 0.25) is 10.0 Å². The highest BCUT2D eigenvalue weighted by molar-refractivity contribution is 6.36. The lowest BCUT2D eigenvalue weighted by Gasteiger charge is -2.23. The van der Waals surface area contributed by atoms with Crippen molar-refractivity contribution in [1.82, 2.24) is 10.2 Å². The summed E-state index contributed by atoms with van der Waals surface area (Å²) >= 11 is 17.9. The molecule has 2 aromatic rings. The first kappa shape index (κ1) is 21.0. The van der Waals surface area contributed by atoms with Crippen molar-refractivity contribution >= 4 is 40.8 Å². The third-order valence-corrected chi connectivity index (χ3v) is 5.22. The van der Waals surface area contributed by atoms with Crippen LogP contribution in [0.1, 0.15) is 11.1 Å². The quantitative estimate of drug-likeness (QED) is 0.742. The highest BCUT2D eigenvalue weighted by atomic mass is 35.5. The Morgan fingerprint density at radius 2 is 1.35 bits per heavy atom. The molecule has 1 fully saturated rings. The zero-order valence-electron chi connectivity index (χ0n) is 14.4. The molecule has 0 unspecified atom stereocenters. The summed E-state index contributed by atoms with van der Waals surface area (Å²) in [6.07, 6.45) is 0. The summed E-state index contributed by atoms with van der Waals surface area (Å²) in [5.41, 5.74) is 0.877. The third kappa shape index (κ3) is 5.35. The Labute approximate surface area is 168 Å². The molecule has 1 heterocycles. The second kappa shape index (κ2) is 9.58. The summed E-state index contributed by atoms with van der Waals surface area (Å²) in [7, 11) is 2.15. The molecule has 0 spiro atoms. The zero-order valence-corrected chi connectivity index (χ0v) is 16.7. The number of hydrogen-bond acceptors (Lipinski definition) is 3. The van der Waals surface area contributed by atoms with Gasteiger partial charge in [0.05, 0.1) is 0 Å². The number of rotatable bonds is 3. The van der Waals surface area contributed by atoms with Gasteiger partial charge in [-0.2, -0.15) is 0 Å². The predicted octanol–water partition coefficient (Wildman–Crippen LogP) is 4.08. The molecule has 26 heavy (non-hydrogen) atoms. The van der Waals surface area contributed by atoms with E-state index >= 15 is 0 Å². The van der Waals surface area contributed by atoms with E-state index in [2.05, 4.69) is 17.3 Å². The normalized spacial score (nSPS) is 15.1. The first-order valence-electron chi connectivity index (χ1n) is 8.17. The topological polar surface area (TPSA) is 52.6 Å². The third-order valence-electron chi connectivity index (χ3n) is 4.12. The van der Waals surface area contributed by atoms with E-state index in [1.54, 1.807) is 48.5 Å². The Balaban J connectivity index is 0.000000290. The van der Waals surface area contributed by atoms with Crippen LogP contribution in [0.15, 0.2) is 48.5 Å². The molecule has 0 amide bonds. The fourth-order valence-electron chi connectivity index (χ4n) is 2.55. The molecule has 1 saturated heterocycles. The lowest BCUT2D eigenvalue weighted by atomic mass is 9.90. The maximum absolute atomic E-state index is 11.6. The summed E-state index contributed by atoms with van der Waals surface area (Å²) in [4.78, 5) is 12.3. The van der Waals surface area contributed by atoms with Crippen molar-refractivity contribution in [3.8, 4) is 0 Å². The van der Waals surface area contributed by atoms with E-state index < -0.39 is 10.8 Å². The smallest absolute Gasteiger partial charge is 0.334 e. The molecule has 140 valence electrons. The van der Waals surface area contributed by atoms with Gasteiger partial charge in [-0.1, -0.05) is 59.1 Å². The SMILES string of the molecule is CN1CCNCC1.O=C(O)C(Cl)(c1ccc(Cl)cc1)c1ccc(Cl)cc1. The van der Waals surface area contributed by atoms with Crippen LogP contribution >= 0.6 is 34.8 Å². The van der Waals surface area contributed by atoms with Crippen molar-refractivity contribution < 1.29 is 9.90 Å². The number of hydrogen-bond donors (Lipinski definition) is 2. The number of carbonyl (C=O) groups is 1. The Hall–Kier alpha value is -1.30. The number of carboxylic acids is 1. The van der Waals surface area contributed by atoms with Gasteiger partial charge in [-0.05, 0) is 42.4 Å². The summed E-state index contributed by atoms with van der Waals surface area (Å²) in [6.45, 7) is 4.74. The van der Waals surface area contributed by atoms with Gasteiger partial charge in [0.15, 0.2) is 4.87 Å². The van der Waals surface area contributed by atoms with Crippen molar-refractivity contribution in [3.05, 3.63) is 69.7 Å². The highest BCUT2D eigenvalue weighted by Gasteiger charge is 2.40. The summed E-state index contributed by atoms with van der Waals surface area (Å²) in [5, 5.41) is 13.8. The number of piperazine rings is 1. The number of aliphatic carboxylic acids is 1. The predicted molar refractivity (Wildman–Crippen MR) is 108 cm³/mol. The van der Waals surface area contributed by atoms with E-state index in [-0.39, 0.29) is 0 Å². The Kier molecular flexibility index (Phi) is 7.74. The molecule has 0 saturated carbocycles. The molecule has 3 rings (SSSR count). The van der Waals surface area contributed by atoms with Crippen LogP contribution in [-0.2, 0) is 9.67 Å². The fraction of sp³-hybridized carbons (Fsp3) is 0.316. The highest BCUT2D eigenvalue weighted by Crippen LogP contribution is 2.38. The molecule has 1 aliphatic rings. The van der Waals surface area contributed by atoms with E-state index in [0.717, 1.165) is 13.1 Å². The minimum Gasteiger partial charge on any atom is -0.479 e. The number of nitrogens with one attached hydrogen (secondary N) is 1. The lowest BCUT2D eigenvalue weighted by Crippen LogP contribution is -2.40. The van der Waals surface area contributed by atoms with E-state index in [1.807, 2.05) is 0 Å². The minimum absolute atomic E-state index is 0.438. The summed E-state index contributed by atoms with van der Waals surface area (Å²) < 4.78 is 0. The van der Waals surface area contributed by atoms with Crippen LogP contribution in [0, 0.1) is 0 Å². The maximum Gasteiger partial charge on any atom is 0.334 e. The largest absolute Gasteiger partial charge is 0.479 e. The summed E-state index contributed by atoms with van der Waals surface area (Å²) in [5.74, 6) is -1.15. The number of nitrogens with zero attached hydrogens (tertiary/aromatic N) is 1. The van der Waals surface area contributed by atoms with E-state index in [1.165, 1.54) is 13.1 Å². The molecule has 4 nitrogen and oxygen atoms in total. The number of alkyl halides is 1. The Morgan fingerprint density at radius 1 is 0.962 bits per heavy atom. The van der Waals surface area contributed by atoms with Gasteiger partial charge in [-0.25, -0.2) is 4.79 Å². The van der Waals surface area contributed by atoms with Crippen LogP contribution in [0.3, 0.4) is 0 Å². The van der Waals surface area contributed by atoms with E-state index in [9.17, 15) is 9.90 Å². The van der Waals surface area contributed by atoms with Gasteiger partial charge in [-0.3, -0.25) is 0 Å². The molecular weight excluding hydrogens is 395 g/mol. The van der Waals surface area contributed by atoms with Crippen LogP contribution in [0.5, 0.6) is 0 Å². The van der Waals surface area contributed by atoms with Crippen molar-refractivity contribution in [3.63, 3.8) is 0 Å². The monoisotopic (exact) mass is 414 g/mol. The van der Waals surface area contributed by atoms with Crippen molar-refractivity contribution in [1.29, 1.82) is 0 Å². The fourth-order valence-corrected chi connectivity index (χ4v) is 3.05. The molecule has 0 radical (unpaired) electrons. The number of likely N-dealkylation sites (N-methyl/N-ethyl adjacent to an activating group) is 1. The average Bonchev–Trinajstić information content (AvgIpc) is 2.63. The standard InChI is InChI=1S/C14H9Cl3O2.C5H12N2/c15-11-5-1-9(2-6-11)14(17,13(18)19)10-3-7-12(16)8-4-10;1-7-4-2-6-3-5-7/h1-8H,(H,18,19);6H,2-5H2,1H3. The van der Waals surface area contributed by atoms with Crippen molar-refractivity contribution in [2.24, 2.45) is 0 Å². The van der Waals surface area contributed by atoms with Gasteiger partial charge in [0.2, 0.25) is 0 Å². The average molecular weight is 416 g/mol. The van der Waals surface area contributed by atoms with Gasteiger partial charge in [0.25, 0.3) is 0 Å².